The summed E-state index contributed by atoms with van der Waals surface area (Å²) in [6.07, 6.45) is -0.652. The summed E-state index contributed by atoms with van der Waals surface area (Å²) in [5.41, 5.74) is 0.804. The second-order valence-electron chi connectivity index (χ2n) is 2.52. The second-order valence-corrected chi connectivity index (χ2v) is 2.52. The SMILES string of the molecule is [CH2]C(O)c1ccc(OCC)cc1. The largest absolute Gasteiger partial charge is 0.494 e. The molecule has 0 heterocycles. The molecule has 2 heteroatoms. The third-order valence-electron chi connectivity index (χ3n) is 1.58. The van der Waals surface area contributed by atoms with Crippen LogP contribution in [0.25, 0.3) is 0 Å². The topological polar surface area (TPSA) is 29.5 Å². The van der Waals surface area contributed by atoms with Gasteiger partial charge >= 0.3 is 0 Å². The predicted octanol–water partition coefficient (Wildman–Crippen LogP) is 1.95. The van der Waals surface area contributed by atoms with Crippen molar-refractivity contribution in [2.24, 2.45) is 0 Å². The van der Waals surface area contributed by atoms with Crippen LogP contribution < -0.4 is 4.74 Å². The summed E-state index contributed by atoms with van der Waals surface area (Å²) >= 11 is 0. The molecule has 0 amide bonds. The minimum absolute atomic E-state index is 0.652. The average Bonchev–Trinajstić information content (AvgIpc) is 2.06. The van der Waals surface area contributed by atoms with Crippen LogP contribution in [0.3, 0.4) is 0 Å². The van der Waals surface area contributed by atoms with E-state index in [9.17, 15) is 0 Å². The molecule has 0 bridgehead atoms. The lowest BCUT2D eigenvalue weighted by molar-refractivity contribution is 0.226. The van der Waals surface area contributed by atoms with Gasteiger partial charge in [-0.3, -0.25) is 0 Å². The Morgan fingerprint density at radius 3 is 2.42 bits per heavy atom. The van der Waals surface area contributed by atoms with E-state index in [1.54, 1.807) is 0 Å². The molecule has 0 aromatic heterocycles. The zero-order valence-corrected chi connectivity index (χ0v) is 7.16. The number of rotatable bonds is 3. The fourth-order valence-corrected chi connectivity index (χ4v) is 0.953. The van der Waals surface area contributed by atoms with Crippen LogP contribution in [-0.4, -0.2) is 11.7 Å². The van der Waals surface area contributed by atoms with Crippen molar-refractivity contribution in [2.45, 2.75) is 13.0 Å². The van der Waals surface area contributed by atoms with Crippen molar-refractivity contribution in [3.8, 4) is 5.75 Å². The summed E-state index contributed by atoms with van der Waals surface area (Å²) in [5.74, 6) is 0.821. The molecule has 1 N–H and O–H groups in total. The third-order valence-corrected chi connectivity index (χ3v) is 1.58. The Bertz CT molecular complexity index is 226. The normalized spacial score (nSPS) is 12.6. The van der Waals surface area contributed by atoms with E-state index in [1.807, 2.05) is 31.2 Å². The highest BCUT2D eigenvalue weighted by atomic mass is 16.5. The van der Waals surface area contributed by atoms with Gasteiger partial charge in [-0.2, -0.15) is 0 Å². The standard InChI is InChI=1S/C10H13O2/c1-3-12-10-6-4-9(5-7-10)8(2)11/h4-8,11H,2-3H2,1H3. The summed E-state index contributed by atoms with van der Waals surface area (Å²) in [6, 6.07) is 7.27. The van der Waals surface area contributed by atoms with Crippen molar-refractivity contribution in [2.75, 3.05) is 6.61 Å². The van der Waals surface area contributed by atoms with Crippen molar-refractivity contribution in [1.82, 2.24) is 0 Å². The van der Waals surface area contributed by atoms with Crippen molar-refractivity contribution in [1.29, 1.82) is 0 Å². The molecule has 1 aromatic carbocycles. The summed E-state index contributed by atoms with van der Waals surface area (Å²) in [7, 11) is 0. The highest BCUT2D eigenvalue weighted by Gasteiger charge is 1.99. The van der Waals surface area contributed by atoms with Gasteiger partial charge in [0.15, 0.2) is 0 Å². The van der Waals surface area contributed by atoms with Gasteiger partial charge in [-0.25, -0.2) is 0 Å². The van der Waals surface area contributed by atoms with Gasteiger partial charge in [-0.05, 0) is 31.5 Å². The molecule has 1 radical (unpaired) electrons. The zero-order chi connectivity index (χ0) is 8.97. The van der Waals surface area contributed by atoms with Crippen LogP contribution in [0.1, 0.15) is 18.6 Å². The van der Waals surface area contributed by atoms with Gasteiger partial charge in [0.25, 0.3) is 0 Å². The maximum atomic E-state index is 9.09. The fraction of sp³-hybridized carbons (Fsp3) is 0.300. The van der Waals surface area contributed by atoms with Crippen molar-refractivity contribution >= 4 is 0 Å². The molecule has 0 fully saturated rings. The van der Waals surface area contributed by atoms with E-state index in [0.29, 0.717) is 6.61 Å². The molecule has 1 atom stereocenters. The molecule has 0 spiro atoms. The monoisotopic (exact) mass is 165 g/mol. The van der Waals surface area contributed by atoms with Gasteiger partial charge in [0.2, 0.25) is 0 Å². The Morgan fingerprint density at radius 1 is 1.42 bits per heavy atom. The fourth-order valence-electron chi connectivity index (χ4n) is 0.953. The van der Waals surface area contributed by atoms with Gasteiger partial charge in [0.1, 0.15) is 5.75 Å². The Hall–Kier alpha value is -1.02. The first-order valence-corrected chi connectivity index (χ1v) is 3.98. The van der Waals surface area contributed by atoms with Gasteiger partial charge in [0, 0.05) is 0 Å². The number of aliphatic hydroxyl groups excluding tert-OH is 1. The first-order valence-electron chi connectivity index (χ1n) is 3.98. The maximum Gasteiger partial charge on any atom is 0.119 e. The van der Waals surface area contributed by atoms with E-state index in [-0.39, 0.29) is 0 Å². The van der Waals surface area contributed by atoms with E-state index in [0.717, 1.165) is 11.3 Å². The van der Waals surface area contributed by atoms with Crippen LogP contribution in [0.2, 0.25) is 0 Å². The van der Waals surface area contributed by atoms with Crippen molar-refractivity contribution in [3.63, 3.8) is 0 Å². The molecule has 0 saturated heterocycles. The van der Waals surface area contributed by atoms with E-state index < -0.39 is 6.10 Å². The highest BCUT2D eigenvalue weighted by Crippen LogP contribution is 2.16. The number of benzene rings is 1. The minimum Gasteiger partial charge on any atom is -0.494 e. The molecule has 65 valence electrons. The third kappa shape index (κ3) is 2.24. The Balaban J connectivity index is 2.71. The number of ether oxygens (including phenoxy) is 1. The molecule has 0 aliphatic heterocycles. The molecule has 0 aliphatic rings. The summed E-state index contributed by atoms with van der Waals surface area (Å²) in [6.45, 7) is 6.09. The molecule has 1 unspecified atom stereocenters. The van der Waals surface area contributed by atoms with Crippen LogP contribution in [-0.2, 0) is 0 Å². The van der Waals surface area contributed by atoms with E-state index in [2.05, 4.69) is 6.92 Å². The lowest BCUT2D eigenvalue weighted by Gasteiger charge is -2.06. The van der Waals surface area contributed by atoms with Crippen LogP contribution in [0.15, 0.2) is 24.3 Å². The van der Waals surface area contributed by atoms with Crippen LogP contribution in [0, 0.1) is 6.92 Å². The van der Waals surface area contributed by atoms with Gasteiger partial charge in [0.05, 0.1) is 12.7 Å². The van der Waals surface area contributed by atoms with E-state index in [4.69, 9.17) is 9.84 Å². The van der Waals surface area contributed by atoms with E-state index in [1.165, 1.54) is 0 Å². The Labute approximate surface area is 72.8 Å². The number of hydrogen-bond acceptors (Lipinski definition) is 2. The summed E-state index contributed by atoms with van der Waals surface area (Å²) < 4.78 is 5.24. The quantitative estimate of drug-likeness (QED) is 0.741. The molecule has 12 heavy (non-hydrogen) atoms. The first-order chi connectivity index (χ1) is 5.74. The highest BCUT2D eigenvalue weighted by molar-refractivity contribution is 5.28. The van der Waals surface area contributed by atoms with Crippen molar-refractivity contribution in [3.05, 3.63) is 36.8 Å². The maximum absolute atomic E-state index is 9.09. The number of hydrogen-bond donors (Lipinski definition) is 1. The second kappa shape index (κ2) is 4.12. The molecule has 1 aromatic rings. The van der Waals surface area contributed by atoms with E-state index >= 15 is 0 Å². The van der Waals surface area contributed by atoms with Crippen molar-refractivity contribution < 1.29 is 9.84 Å². The lowest BCUT2D eigenvalue weighted by atomic mass is 10.1. The molecular weight excluding hydrogens is 152 g/mol. The van der Waals surface area contributed by atoms with Crippen LogP contribution in [0.5, 0.6) is 5.75 Å². The number of aliphatic hydroxyl groups is 1. The molecule has 0 saturated carbocycles. The molecular formula is C10H13O2. The average molecular weight is 165 g/mol. The zero-order valence-electron chi connectivity index (χ0n) is 7.16. The summed E-state index contributed by atoms with van der Waals surface area (Å²) in [5, 5.41) is 9.09. The molecule has 2 nitrogen and oxygen atoms in total. The van der Waals surface area contributed by atoms with Gasteiger partial charge in [-0.1, -0.05) is 12.1 Å². The van der Waals surface area contributed by atoms with Gasteiger partial charge < -0.3 is 9.84 Å². The van der Waals surface area contributed by atoms with Crippen LogP contribution >= 0.6 is 0 Å². The summed E-state index contributed by atoms with van der Waals surface area (Å²) in [4.78, 5) is 0. The Kier molecular flexibility index (Phi) is 3.11. The molecule has 1 rings (SSSR count). The predicted molar refractivity (Wildman–Crippen MR) is 47.9 cm³/mol. The smallest absolute Gasteiger partial charge is 0.119 e. The Morgan fingerprint density at radius 2 is 2.00 bits per heavy atom. The van der Waals surface area contributed by atoms with Crippen LogP contribution in [0.4, 0.5) is 0 Å². The molecule has 0 aliphatic carbocycles. The van der Waals surface area contributed by atoms with Gasteiger partial charge in [-0.15, -0.1) is 0 Å². The minimum atomic E-state index is -0.652. The first kappa shape index (κ1) is 9.07. The lowest BCUT2D eigenvalue weighted by Crippen LogP contribution is -1.93.